The zero-order valence-corrected chi connectivity index (χ0v) is 9.70. The summed E-state index contributed by atoms with van der Waals surface area (Å²) in [5.74, 6) is 1.00. The van der Waals surface area contributed by atoms with E-state index < -0.39 is 9.84 Å². The van der Waals surface area contributed by atoms with Gasteiger partial charge >= 0.3 is 0 Å². The topological polar surface area (TPSA) is 85.1 Å². The Labute approximate surface area is 95.0 Å². The number of aromatic nitrogens is 1. The highest BCUT2D eigenvalue weighted by Gasteiger charge is 2.23. The summed E-state index contributed by atoms with van der Waals surface area (Å²) >= 11 is 0. The van der Waals surface area contributed by atoms with E-state index in [0.717, 1.165) is 5.69 Å². The molecule has 1 aromatic heterocycles. The smallest absolute Gasteiger partial charge is 0.150 e. The van der Waals surface area contributed by atoms with Crippen LogP contribution >= 0.6 is 0 Å². The van der Waals surface area contributed by atoms with Crippen LogP contribution < -0.4 is 11.1 Å². The molecule has 1 aliphatic rings. The Hall–Kier alpha value is -1.30. The Morgan fingerprint density at radius 2 is 2.06 bits per heavy atom. The van der Waals surface area contributed by atoms with Crippen LogP contribution in [0.3, 0.4) is 0 Å². The van der Waals surface area contributed by atoms with Gasteiger partial charge in [0.2, 0.25) is 0 Å². The molecule has 16 heavy (non-hydrogen) atoms. The van der Waals surface area contributed by atoms with Gasteiger partial charge < -0.3 is 11.1 Å². The molecule has 1 fully saturated rings. The molecular weight excluding hydrogens is 226 g/mol. The Kier molecular flexibility index (Phi) is 3.00. The summed E-state index contributed by atoms with van der Waals surface area (Å²) in [6, 6.07) is 3.80. The summed E-state index contributed by atoms with van der Waals surface area (Å²) in [6.45, 7) is 0. The zero-order valence-electron chi connectivity index (χ0n) is 8.89. The number of hydrogen-bond donors (Lipinski definition) is 2. The first-order valence-electron chi connectivity index (χ1n) is 5.24. The summed E-state index contributed by atoms with van der Waals surface area (Å²) in [7, 11) is -2.79. The van der Waals surface area contributed by atoms with E-state index in [9.17, 15) is 8.42 Å². The van der Waals surface area contributed by atoms with Crippen molar-refractivity contribution < 1.29 is 8.42 Å². The molecule has 88 valence electrons. The van der Waals surface area contributed by atoms with Crippen molar-refractivity contribution in [3.05, 3.63) is 18.3 Å². The number of sulfone groups is 1. The molecule has 0 aromatic carbocycles. The molecule has 6 heteroatoms. The average Bonchev–Trinajstić information content (AvgIpc) is 2.21. The molecule has 0 aliphatic carbocycles. The fraction of sp³-hybridized carbons (Fsp3) is 0.500. The second-order valence-corrected chi connectivity index (χ2v) is 6.34. The molecule has 0 radical (unpaired) electrons. The molecule has 0 atom stereocenters. The molecule has 0 saturated carbocycles. The third-order valence-corrected chi connectivity index (χ3v) is 4.42. The van der Waals surface area contributed by atoms with Crippen molar-refractivity contribution in [3.8, 4) is 0 Å². The van der Waals surface area contributed by atoms with Crippen molar-refractivity contribution in [1.82, 2.24) is 4.98 Å². The van der Waals surface area contributed by atoms with Crippen molar-refractivity contribution in [2.75, 3.05) is 22.6 Å². The lowest BCUT2D eigenvalue weighted by Crippen LogP contribution is -2.32. The fourth-order valence-electron chi connectivity index (χ4n) is 1.81. The first kappa shape index (κ1) is 11.2. The van der Waals surface area contributed by atoms with Crippen LogP contribution in [0.25, 0.3) is 0 Å². The maximum absolute atomic E-state index is 11.2. The van der Waals surface area contributed by atoms with Crippen molar-refractivity contribution in [3.63, 3.8) is 0 Å². The molecule has 0 spiro atoms. The minimum absolute atomic E-state index is 0.213. The van der Waals surface area contributed by atoms with Crippen LogP contribution in [0, 0.1) is 0 Å². The highest BCUT2D eigenvalue weighted by atomic mass is 32.2. The highest BCUT2D eigenvalue weighted by molar-refractivity contribution is 7.91. The van der Waals surface area contributed by atoms with E-state index >= 15 is 0 Å². The van der Waals surface area contributed by atoms with E-state index in [1.165, 1.54) is 0 Å². The van der Waals surface area contributed by atoms with Crippen LogP contribution in [0.2, 0.25) is 0 Å². The van der Waals surface area contributed by atoms with Gasteiger partial charge in [-0.05, 0) is 18.9 Å². The van der Waals surface area contributed by atoms with Crippen LogP contribution in [-0.4, -0.2) is 30.9 Å². The van der Waals surface area contributed by atoms with Crippen LogP contribution in [0.15, 0.2) is 18.3 Å². The van der Waals surface area contributed by atoms with Gasteiger partial charge in [-0.15, -0.1) is 0 Å². The molecule has 1 saturated heterocycles. The van der Waals surface area contributed by atoms with Gasteiger partial charge in [0, 0.05) is 24.0 Å². The van der Waals surface area contributed by atoms with E-state index in [-0.39, 0.29) is 17.5 Å². The number of nitrogen functional groups attached to an aromatic ring is 1. The molecular formula is C10H15N3O2S. The molecule has 1 aliphatic heterocycles. The number of rotatable bonds is 2. The van der Waals surface area contributed by atoms with Gasteiger partial charge in [0.25, 0.3) is 0 Å². The van der Waals surface area contributed by atoms with E-state index in [0.29, 0.717) is 18.7 Å². The summed E-state index contributed by atoms with van der Waals surface area (Å²) < 4.78 is 22.5. The lowest BCUT2D eigenvalue weighted by atomic mass is 10.1. The molecule has 5 nitrogen and oxygen atoms in total. The van der Waals surface area contributed by atoms with E-state index in [1.54, 1.807) is 12.3 Å². The predicted octanol–water partition coefficient (Wildman–Crippen LogP) is 0.653. The number of hydrogen-bond acceptors (Lipinski definition) is 5. The summed E-state index contributed by atoms with van der Waals surface area (Å²) in [5, 5.41) is 3.28. The number of pyridine rings is 1. The van der Waals surface area contributed by atoms with Gasteiger partial charge in [-0.1, -0.05) is 0 Å². The fourth-order valence-corrected chi connectivity index (χ4v) is 3.30. The maximum Gasteiger partial charge on any atom is 0.150 e. The van der Waals surface area contributed by atoms with E-state index in [1.807, 2.05) is 6.07 Å². The van der Waals surface area contributed by atoms with Crippen LogP contribution in [-0.2, 0) is 9.84 Å². The number of anilines is 2. The first-order valence-corrected chi connectivity index (χ1v) is 7.06. The van der Waals surface area contributed by atoms with Crippen molar-refractivity contribution in [2.45, 2.75) is 18.9 Å². The molecule has 2 heterocycles. The zero-order chi connectivity index (χ0) is 11.6. The Bertz CT molecular complexity index is 459. The van der Waals surface area contributed by atoms with Crippen molar-refractivity contribution >= 4 is 21.3 Å². The minimum Gasteiger partial charge on any atom is -0.384 e. The Morgan fingerprint density at radius 3 is 2.69 bits per heavy atom. The Morgan fingerprint density at radius 1 is 1.38 bits per heavy atom. The van der Waals surface area contributed by atoms with Crippen LogP contribution in [0.4, 0.5) is 11.5 Å². The molecule has 1 aromatic rings. The van der Waals surface area contributed by atoms with Crippen molar-refractivity contribution in [1.29, 1.82) is 0 Å². The van der Waals surface area contributed by atoms with Crippen molar-refractivity contribution in [2.24, 2.45) is 0 Å². The van der Waals surface area contributed by atoms with Crippen LogP contribution in [0.1, 0.15) is 12.8 Å². The second-order valence-electron chi connectivity index (χ2n) is 4.04. The molecule has 2 rings (SSSR count). The Balaban J connectivity index is 1.97. The van der Waals surface area contributed by atoms with Gasteiger partial charge in [-0.25, -0.2) is 13.4 Å². The SMILES string of the molecule is Nc1cc(NC2CCS(=O)(=O)CC2)ccn1. The standard InChI is InChI=1S/C10H15N3O2S/c11-10-7-9(1-4-12-10)13-8-2-5-16(14,15)6-3-8/h1,4,7-8H,2-3,5-6H2,(H3,11,12,13). The quantitative estimate of drug-likeness (QED) is 0.794. The van der Waals surface area contributed by atoms with Gasteiger partial charge in [-0.3, -0.25) is 0 Å². The average molecular weight is 241 g/mol. The summed E-state index contributed by atoms with van der Waals surface area (Å²) in [6.07, 6.45) is 2.95. The normalized spacial score (nSPS) is 20.5. The second kappa shape index (κ2) is 4.29. The van der Waals surface area contributed by atoms with E-state index in [4.69, 9.17) is 5.73 Å². The monoisotopic (exact) mass is 241 g/mol. The maximum atomic E-state index is 11.2. The van der Waals surface area contributed by atoms with E-state index in [2.05, 4.69) is 10.3 Å². The summed E-state index contributed by atoms with van der Waals surface area (Å²) in [5.41, 5.74) is 6.46. The lowest BCUT2D eigenvalue weighted by molar-refractivity contribution is 0.559. The minimum atomic E-state index is -2.79. The molecule has 0 unspecified atom stereocenters. The largest absolute Gasteiger partial charge is 0.384 e. The first-order chi connectivity index (χ1) is 7.55. The van der Waals surface area contributed by atoms with Gasteiger partial charge in [0.1, 0.15) is 15.7 Å². The summed E-state index contributed by atoms with van der Waals surface area (Å²) in [4.78, 5) is 3.90. The number of nitrogens with zero attached hydrogens (tertiary/aromatic N) is 1. The van der Waals surface area contributed by atoms with Crippen LogP contribution in [0.5, 0.6) is 0 Å². The number of nitrogens with one attached hydrogen (secondary N) is 1. The van der Waals surface area contributed by atoms with Gasteiger partial charge in [0.15, 0.2) is 0 Å². The third kappa shape index (κ3) is 2.85. The van der Waals surface area contributed by atoms with Gasteiger partial charge in [-0.2, -0.15) is 0 Å². The highest BCUT2D eigenvalue weighted by Crippen LogP contribution is 2.18. The number of nitrogens with two attached hydrogens (primary N) is 1. The molecule has 0 bridgehead atoms. The molecule has 3 N–H and O–H groups in total. The third-order valence-electron chi connectivity index (χ3n) is 2.71. The predicted molar refractivity (Wildman–Crippen MR) is 63.9 cm³/mol. The van der Waals surface area contributed by atoms with Gasteiger partial charge in [0.05, 0.1) is 11.5 Å². The molecule has 0 amide bonds. The lowest BCUT2D eigenvalue weighted by Gasteiger charge is -2.24.